The van der Waals surface area contributed by atoms with Crippen LogP contribution >= 0.6 is 0 Å². The molecule has 0 bridgehead atoms. The molecule has 1 heterocycles. The second-order valence-electron chi connectivity index (χ2n) is 6.18. The number of nitrogens with one attached hydrogen (secondary N) is 4. The first-order valence-corrected chi connectivity index (χ1v) is 8.39. The van der Waals surface area contributed by atoms with Crippen LogP contribution in [0.5, 0.6) is 0 Å². The van der Waals surface area contributed by atoms with Gasteiger partial charge in [-0.25, -0.2) is 9.37 Å². The summed E-state index contributed by atoms with van der Waals surface area (Å²) in [6, 6.07) is 6.35. The van der Waals surface area contributed by atoms with Crippen molar-refractivity contribution in [2.75, 3.05) is 23.8 Å². The zero-order valence-corrected chi connectivity index (χ0v) is 15.0. The number of halogens is 1. The van der Waals surface area contributed by atoms with Crippen molar-refractivity contribution in [3.8, 4) is 0 Å². The second-order valence-corrected chi connectivity index (χ2v) is 6.18. The number of anilines is 3. The molecule has 0 unspecified atom stereocenters. The molecule has 1 aromatic heterocycles. The fourth-order valence-corrected chi connectivity index (χ4v) is 2.42. The van der Waals surface area contributed by atoms with E-state index in [1.54, 1.807) is 18.2 Å². The fraction of sp³-hybridized carbons (Fsp3) is 0.333. The highest BCUT2D eigenvalue weighted by molar-refractivity contribution is 5.84. The highest BCUT2D eigenvalue weighted by atomic mass is 19.1. The normalized spacial score (nSPS) is 10.7. The lowest BCUT2D eigenvalue weighted by Crippen LogP contribution is -2.23. The summed E-state index contributed by atoms with van der Waals surface area (Å²) in [6.45, 7) is 8.90. The zero-order valence-electron chi connectivity index (χ0n) is 15.0. The van der Waals surface area contributed by atoms with Crippen LogP contribution in [0.4, 0.5) is 21.8 Å². The summed E-state index contributed by atoms with van der Waals surface area (Å²) < 4.78 is 15.9. The summed E-state index contributed by atoms with van der Waals surface area (Å²) >= 11 is 0. The smallest absolute Gasteiger partial charge is 0.209 e. The molecule has 0 spiro atoms. The molecule has 2 aromatic rings. The number of imidazole rings is 1. The molecule has 0 atom stereocenters. The van der Waals surface area contributed by atoms with E-state index in [-0.39, 0.29) is 12.4 Å². The van der Waals surface area contributed by atoms with Crippen LogP contribution in [0.25, 0.3) is 0 Å². The second kappa shape index (κ2) is 9.00. The molecule has 140 valence electrons. The Bertz CT molecular complexity index is 771. The highest BCUT2D eigenvalue weighted by Gasteiger charge is 2.18. The van der Waals surface area contributed by atoms with Crippen molar-refractivity contribution >= 4 is 23.7 Å². The predicted octanol–water partition coefficient (Wildman–Crippen LogP) is 2.88. The first-order chi connectivity index (χ1) is 12.5. The van der Waals surface area contributed by atoms with Gasteiger partial charge < -0.3 is 26.5 Å². The van der Waals surface area contributed by atoms with Crippen LogP contribution in [0.3, 0.4) is 0 Å². The van der Waals surface area contributed by atoms with Crippen LogP contribution in [0, 0.1) is 17.1 Å². The van der Waals surface area contributed by atoms with Crippen LogP contribution in [0.2, 0.25) is 0 Å². The van der Waals surface area contributed by atoms with E-state index in [9.17, 15) is 4.39 Å². The largest absolute Gasteiger partial charge is 0.395 e. The van der Waals surface area contributed by atoms with E-state index >= 15 is 0 Å². The average Bonchev–Trinajstić information content (AvgIpc) is 2.91. The van der Waals surface area contributed by atoms with Gasteiger partial charge in [-0.2, -0.15) is 0 Å². The van der Waals surface area contributed by atoms with Crippen molar-refractivity contribution in [3.63, 3.8) is 0 Å². The predicted molar refractivity (Wildman–Crippen MR) is 102 cm³/mol. The van der Waals surface area contributed by atoms with Crippen LogP contribution < -0.4 is 16.0 Å². The SMILES string of the molecule is C=C(NCCO)Nc1c(C=N)nc(Nc2ccccc2F)n1CC(C)C. The maximum Gasteiger partial charge on any atom is 0.209 e. The molecule has 0 saturated heterocycles. The first kappa shape index (κ1) is 19.5. The van der Waals surface area contributed by atoms with Crippen LogP contribution in [-0.4, -0.2) is 34.0 Å². The van der Waals surface area contributed by atoms with E-state index in [1.807, 2.05) is 4.57 Å². The summed E-state index contributed by atoms with van der Waals surface area (Å²) in [7, 11) is 0. The molecular formula is C18H25FN6O. The molecule has 7 nitrogen and oxygen atoms in total. The van der Waals surface area contributed by atoms with Gasteiger partial charge in [0.05, 0.1) is 18.1 Å². The van der Waals surface area contributed by atoms with Gasteiger partial charge in [0.2, 0.25) is 5.95 Å². The van der Waals surface area contributed by atoms with E-state index < -0.39 is 0 Å². The quantitative estimate of drug-likeness (QED) is 0.420. The molecule has 0 aliphatic heterocycles. The van der Waals surface area contributed by atoms with Gasteiger partial charge >= 0.3 is 0 Å². The molecule has 0 aliphatic rings. The summed E-state index contributed by atoms with van der Waals surface area (Å²) in [5, 5.41) is 25.6. The number of aromatic nitrogens is 2. The summed E-state index contributed by atoms with van der Waals surface area (Å²) in [6.07, 6.45) is 1.13. The molecule has 0 radical (unpaired) electrons. The minimum Gasteiger partial charge on any atom is -0.395 e. The van der Waals surface area contributed by atoms with Crippen molar-refractivity contribution < 1.29 is 9.50 Å². The van der Waals surface area contributed by atoms with E-state index in [2.05, 4.69) is 41.4 Å². The molecule has 8 heteroatoms. The summed E-state index contributed by atoms with van der Waals surface area (Å²) in [5.74, 6) is 1.39. The van der Waals surface area contributed by atoms with Crippen molar-refractivity contribution in [2.24, 2.45) is 5.92 Å². The number of para-hydroxylation sites is 1. The van der Waals surface area contributed by atoms with Crippen molar-refractivity contribution in [2.45, 2.75) is 20.4 Å². The fourth-order valence-electron chi connectivity index (χ4n) is 2.42. The van der Waals surface area contributed by atoms with Gasteiger partial charge in [-0.3, -0.25) is 4.57 Å². The molecule has 0 saturated carbocycles. The van der Waals surface area contributed by atoms with E-state index in [4.69, 9.17) is 10.5 Å². The van der Waals surface area contributed by atoms with E-state index in [1.165, 1.54) is 6.07 Å². The number of hydrogen-bond acceptors (Lipinski definition) is 6. The average molecular weight is 360 g/mol. The van der Waals surface area contributed by atoms with Crippen molar-refractivity contribution in [1.29, 1.82) is 5.41 Å². The van der Waals surface area contributed by atoms with Gasteiger partial charge in [0.25, 0.3) is 0 Å². The Labute approximate surface area is 152 Å². The summed E-state index contributed by atoms with van der Waals surface area (Å²) in [5.41, 5.74) is 0.708. The third-order valence-electron chi connectivity index (χ3n) is 3.52. The number of aliphatic hydroxyl groups excluding tert-OH is 1. The van der Waals surface area contributed by atoms with Gasteiger partial charge in [-0.1, -0.05) is 32.6 Å². The van der Waals surface area contributed by atoms with Crippen molar-refractivity contribution in [1.82, 2.24) is 14.9 Å². The van der Waals surface area contributed by atoms with Gasteiger partial charge in [0.1, 0.15) is 17.3 Å². The summed E-state index contributed by atoms with van der Waals surface area (Å²) in [4.78, 5) is 4.41. The maximum atomic E-state index is 14.0. The molecule has 5 N–H and O–H groups in total. The third kappa shape index (κ3) is 4.82. The maximum absolute atomic E-state index is 14.0. The van der Waals surface area contributed by atoms with Gasteiger partial charge in [-0.05, 0) is 18.1 Å². The topological polar surface area (TPSA) is 98.0 Å². The Hall–Kier alpha value is -2.87. The lowest BCUT2D eigenvalue weighted by molar-refractivity contribution is 0.297. The van der Waals surface area contributed by atoms with Crippen LogP contribution in [0.15, 0.2) is 36.7 Å². The third-order valence-corrected chi connectivity index (χ3v) is 3.52. The molecule has 0 amide bonds. The van der Waals surface area contributed by atoms with E-state index in [0.717, 1.165) is 6.21 Å². The molecular weight excluding hydrogens is 335 g/mol. The minimum absolute atomic E-state index is 0.0243. The van der Waals surface area contributed by atoms with Gasteiger partial charge in [0.15, 0.2) is 0 Å². The number of aliphatic hydroxyl groups is 1. The molecule has 0 fully saturated rings. The molecule has 26 heavy (non-hydrogen) atoms. The monoisotopic (exact) mass is 360 g/mol. The number of hydrogen-bond donors (Lipinski definition) is 5. The standard InChI is InChI=1S/C18H25FN6O/c1-12(2)11-25-17(22-13(3)21-8-9-26)16(10-20)24-18(25)23-15-7-5-4-6-14(15)19/h4-7,10,12,20-22,26H,3,8-9,11H2,1-2H3,(H,23,24). The first-order valence-electron chi connectivity index (χ1n) is 8.39. The Balaban J connectivity index is 2.39. The lowest BCUT2D eigenvalue weighted by atomic mass is 10.2. The number of nitrogens with zero attached hydrogens (tertiary/aromatic N) is 2. The van der Waals surface area contributed by atoms with Crippen LogP contribution in [0.1, 0.15) is 19.5 Å². The lowest BCUT2D eigenvalue weighted by Gasteiger charge is -2.18. The Morgan fingerprint density at radius 2 is 2.15 bits per heavy atom. The van der Waals surface area contributed by atoms with Crippen molar-refractivity contribution in [3.05, 3.63) is 48.2 Å². The molecule has 0 aliphatic carbocycles. The molecule has 1 aromatic carbocycles. The van der Waals surface area contributed by atoms with E-state index in [0.29, 0.717) is 48.0 Å². The number of rotatable bonds is 10. The Morgan fingerprint density at radius 3 is 2.77 bits per heavy atom. The number of benzene rings is 1. The minimum atomic E-state index is -0.383. The molecule has 2 rings (SSSR count). The Morgan fingerprint density at radius 1 is 1.42 bits per heavy atom. The van der Waals surface area contributed by atoms with Crippen LogP contribution in [-0.2, 0) is 6.54 Å². The zero-order chi connectivity index (χ0) is 19.1. The van der Waals surface area contributed by atoms with Gasteiger partial charge in [0, 0.05) is 19.3 Å². The van der Waals surface area contributed by atoms with Gasteiger partial charge in [-0.15, -0.1) is 0 Å². The highest BCUT2D eigenvalue weighted by Crippen LogP contribution is 2.26. The Kier molecular flexibility index (Phi) is 6.74.